The summed E-state index contributed by atoms with van der Waals surface area (Å²) < 4.78 is 24.7. The van der Waals surface area contributed by atoms with Crippen molar-refractivity contribution in [3.63, 3.8) is 0 Å². The first-order valence-electron chi connectivity index (χ1n) is 9.32. The lowest BCUT2D eigenvalue weighted by atomic mass is 10.1. The van der Waals surface area contributed by atoms with Crippen LogP contribution in [0, 0.1) is 5.82 Å². The first-order valence-corrected chi connectivity index (χ1v) is 9.32. The second kappa shape index (κ2) is 7.67. The number of benzene rings is 1. The first-order chi connectivity index (χ1) is 13.9. The average molecular weight is 398 g/mol. The molecule has 9 heteroatoms. The topological polar surface area (TPSA) is 88.2 Å². The molecule has 8 nitrogen and oxygen atoms in total. The van der Waals surface area contributed by atoms with E-state index in [0.717, 1.165) is 6.54 Å². The largest absolute Gasteiger partial charge is 0.494 e. The third-order valence-electron chi connectivity index (χ3n) is 4.65. The number of ether oxygens (including phenoxy) is 2. The highest BCUT2D eigenvalue weighted by molar-refractivity contribution is 5.66. The van der Waals surface area contributed by atoms with Gasteiger partial charge in [0, 0.05) is 30.9 Å². The molecule has 29 heavy (non-hydrogen) atoms. The quantitative estimate of drug-likeness (QED) is 0.681. The van der Waals surface area contributed by atoms with Crippen LogP contribution in [-0.2, 0) is 4.74 Å². The highest BCUT2D eigenvalue weighted by Gasteiger charge is 2.28. The summed E-state index contributed by atoms with van der Waals surface area (Å²) in [4.78, 5) is 11.1. The molecule has 1 fully saturated rings. The number of nitrogens with one attached hydrogen (secondary N) is 2. The summed E-state index contributed by atoms with van der Waals surface area (Å²) in [5, 5.41) is 10.3. The molecule has 152 valence electrons. The minimum atomic E-state index is -0.428. The number of methoxy groups -OCH3 is 1. The molecule has 0 unspecified atom stereocenters. The Morgan fingerprint density at radius 1 is 1.24 bits per heavy atom. The van der Waals surface area contributed by atoms with Crippen LogP contribution in [0.3, 0.4) is 0 Å². The standard InChI is InChI=1S/C20H23FN6O2/c1-20(2)12-27(8-9-29-20)19-22-7-6-17(24-19)23-18-11-15(25-26-18)13-4-5-16(28-3)14(21)10-13/h4-7,10-11H,8-9,12H2,1-3H3,(H2,22,23,24,25,26). The molecule has 1 aromatic carbocycles. The van der Waals surface area contributed by atoms with Crippen LogP contribution in [-0.4, -0.2) is 52.6 Å². The van der Waals surface area contributed by atoms with Gasteiger partial charge in [0.15, 0.2) is 17.4 Å². The fourth-order valence-electron chi connectivity index (χ4n) is 3.26. The maximum atomic E-state index is 14.0. The van der Waals surface area contributed by atoms with Crippen LogP contribution in [0.2, 0.25) is 0 Å². The molecule has 1 aliphatic heterocycles. The summed E-state index contributed by atoms with van der Waals surface area (Å²) >= 11 is 0. The summed E-state index contributed by atoms with van der Waals surface area (Å²) in [6.07, 6.45) is 1.71. The van der Waals surface area contributed by atoms with Crippen LogP contribution in [0.1, 0.15) is 13.8 Å². The molecule has 0 atom stereocenters. The van der Waals surface area contributed by atoms with Gasteiger partial charge >= 0.3 is 0 Å². The Morgan fingerprint density at radius 3 is 2.86 bits per heavy atom. The lowest BCUT2D eigenvalue weighted by Gasteiger charge is -2.38. The van der Waals surface area contributed by atoms with Gasteiger partial charge in [-0.25, -0.2) is 9.37 Å². The highest BCUT2D eigenvalue weighted by atomic mass is 19.1. The van der Waals surface area contributed by atoms with Crippen molar-refractivity contribution in [2.45, 2.75) is 19.4 Å². The maximum Gasteiger partial charge on any atom is 0.227 e. The van der Waals surface area contributed by atoms with E-state index in [0.29, 0.717) is 42.0 Å². The molecule has 0 saturated carbocycles. The van der Waals surface area contributed by atoms with Crippen molar-refractivity contribution in [3.8, 4) is 17.0 Å². The van der Waals surface area contributed by atoms with Gasteiger partial charge < -0.3 is 19.7 Å². The fourth-order valence-corrected chi connectivity index (χ4v) is 3.26. The van der Waals surface area contributed by atoms with Crippen LogP contribution in [0.15, 0.2) is 36.5 Å². The molecule has 2 aromatic heterocycles. The Labute approximate surface area is 168 Å². The Balaban J connectivity index is 1.50. The van der Waals surface area contributed by atoms with Crippen molar-refractivity contribution < 1.29 is 13.9 Å². The van der Waals surface area contributed by atoms with E-state index in [9.17, 15) is 4.39 Å². The third-order valence-corrected chi connectivity index (χ3v) is 4.65. The average Bonchev–Trinajstić information content (AvgIpc) is 3.16. The zero-order chi connectivity index (χ0) is 20.4. The predicted octanol–water partition coefficient (Wildman–Crippen LogP) is 3.37. The molecular formula is C20H23FN6O2. The Bertz CT molecular complexity index is 1010. The molecular weight excluding hydrogens is 375 g/mol. The van der Waals surface area contributed by atoms with Gasteiger partial charge in [-0.05, 0) is 38.1 Å². The van der Waals surface area contributed by atoms with E-state index in [2.05, 4.69) is 44.2 Å². The number of aromatic nitrogens is 4. The van der Waals surface area contributed by atoms with E-state index in [4.69, 9.17) is 9.47 Å². The van der Waals surface area contributed by atoms with Crippen molar-refractivity contribution in [2.75, 3.05) is 37.0 Å². The second-order valence-corrected chi connectivity index (χ2v) is 7.41. The number of hydrogen-bond donors (Lipinski definition) is 2. The lowest BCUT2D eigenvalue weighted by molar-refractivity contribution is -0.0281. The van der Waals surface area contributed by atoms with E-state index in [-0.39, 0.29) is 11.4 Å². The molecule has 0 spiro atoms. The van der Waals surface area contributed by atoms with Gasteiger partial charge in [0.05, 0.1) is 25.0 Å². The number of aromatic amines is 1. The summed E-state index contributed by atoms with van der Waals surface area (Å²) in [5.41, 5.74) is 1.11. The fraction of sp³-hybridized carbons (Fsp3) is 0.350. The van der Waals surface area contributed by atoms with Crippen molar-refractivity contribution >= 4 is 17.6 Å². The Kier molecular flexibility index (Phi) is 5.06. The lowest BCUT2D eigenvalue weighted by Crippen LogP contribution is -2.49. The molecule has 4 rings (SSSR count). The van der Waals surface area contributed by atoms with Gasteiger partial charge in [-0.1, -0.05) is 0 Å². The Hall–Kier alpha value is -3.20. The number of rotatable bonds is 5. The van der Waals surface area contributed by atoms with Crippen LogP contribution in [0.4, 0.5) is 22.0 Å². The van der Waals surface area contributed by atoms with E-state index < -0.39 is 5.82 Å². The molecule has 2 N–H and O–H groups in total. The Morgan fingerprint density at radius 2 is 2.10 bits per heavy atom. The van der Waals surface area contributed by atoms with E-state index in [1.54, 1.807) is 30.5 Å². The van der Waals surface area contributed by atoms with Gasteiger partial charge in [-0.15, -0.1) is 0 Å². The van der Waals surface area contributed by atoms with Crippen molar-refractivity contribution in [1.82, 2.24) is 20.2 Å². The van der Waals surface area contributed by atoms with Crippen molar-refractivity contribution in [3.05, 3.63) is 42.3 Å². The normalized spacial score (nSPS) is 15.9. The summed E-state index contributed by atoms with van der Waals surface area (Å²) in [6.45, 7) is 6.19. The van der Waals surface area contributed by atoms with E-state index in [1.807, 2.05) is 0 Å². The minimum Gasteiger partial charge on any atom is -0.494 e. The maximum absolute atomic E-state index is 14.0. The van der Waals surface area contributed by atoms with Gasteiger partial charge in [-0.2, -0.15) is 10.1 Å². The molecule has 0 bridgehead atoms. The second-order valence-electron chi connectivity index (χ2n) is 7.41. The van der Waals surface area contributed by atoms with Crippen LogP contribution in [0.25, 0.3) is 11.3 Å². The third kappa shape index (κ3) is 4.29. The highest BCUT2D eigenvalue weighted by Crippen LogP contribution is 2.27. The first kappa shape index (κ1) is 19.1. The molecule has 3 aromatic rings. The predicted molar refractivity (Wildman–Crippen MR) is 108 cm³/mol. The van der Waals surface area contributed by atoms with Gasteiger partial charge in [0.1, 0.15) is 5.82 Å². The number of nitrogens with zero attached hydrogens (tertiary/aromatic N) is 4. The molecule has 0 aliphatic carbocycles. The van der Waals surface area contributed by atoms with Gasteiger partial charge in [0.2, 0.25) is 5.95 Å². The van der Waals surface area contributed by atoms with E-state index in [1.165, 1.54) is 13.2 Å². The SMILES string of the molecule is COc1ccc(-c2cc(Nc3ccnc(N4CCOC(C)(C)C4)n3)n[nH]2)cc1F. The molecule has 3 heterocycles. The van der Waals surface area contributed by atoms with Crippen molar-refractivity contribution in [2.24, 2.45) is 0 Å². The van der Waals surface area contributed by atoms with Crippen LogP contribution >= 0.6 is 0 Å². The van der Waals surface area contributed by atoms with Gasteiger partial charge in [0.25, 0.3) is 0 Å². The van der Waals surface area contributed by atoms with Gasteiger partial charge in [-0.3, -0.25) is 5.10 Å². The molecule has 0 amide bonds. The monoisotopic (exact) mass is 398 g/mol. The summed E-state index contributed by atoms with van der Waals surface area (Å²) in [6, 6.07) is 8.32. The minimum absolute atomic E-state index is 0.200. The number of hydrogen-bond acceptors (Lipinski definition) is 7. The van der Waals surface area contributed by atoms with Crippen LogP contribution in [0.5, 0.6) is 5.75 Å². The van der Waals surface area contributed by atoms with Crippen LogP contribution < -0.4 is 15.0 Å². The molecule has 1 saturated heterocycles. The van der Waals surface area contributed by atoms with Crippen molar-refractivity contribution in [1.29, 1.82) is 0 Å². The number of morpholine rings is 1. The van der Waals surface area contributed by atoms with E-state index >= 15 is 0 Å². The number of halogens is 1. The number of anilines is 3. The smallest absolute Gasteiger partial charge is 0.227 e. The summed E-state index contributed by atoms with van der Waals surface area (Å²) in [5.74, 6) is 1.61. The molecule has 0 radical (unpaired) electrons. The zero-order valence-electron chi connectivity index (χ0n) is 16.6. The summed E-state index contributed by atoms with van der Waals surface area (Å²) in [7, 11) is 1.43. The number of H-pyrrole nitrogens is 1. The zero-order valence-corrected chi connectivity index (χ0v) is 16.6. The molecule has 1 aliphatic rings.